The minimum Gasteiger partial charge on any atom is -0.365 e. The molecule has 0 unspecified atom stereocenters. The lowest BCUT2D eigenvalue weighted by molar-refractivity contribution is -0.114. The van der Waals surface area contributed by atoms with E-state index in [-0.39, 0.29) is 11.0 Å². The van der Waals surface area contributed by atoms with Gasteiger partial charge < -0.3 is 5.73 Å². The average molecular weight is 166 g/mol. The number of hydrogen-bond acceptors (Lipinski definition) is 2. The Morgan fingerprint density at radius 3 is 2.33 bits per heavy atom. The van der Waals surface area contributed by atoms with E-state index in [2.05, 4.69) is 0 Å². The summed E-state index contributed by atoms with van der Waals surface area (Å²) in [6, 6.07) is 1.76. The molecule has 66 valence electrons. The van der Waals surface area contributed by atoms with Crippen molar-refractivity contribution < 1.29 is 4.79 Å². The second-order valence-corrected chi connectivity index (χ2v) is 3.86. The predicted octanol–water partition coefficient (Wildman–Crippen LogP) is 1.36. The number of rotatable bonds is 2. The van der Waals surface area contributed by atoms with Crippen molar-refractivity contribution >= 4 is 5.91 Å². The van der Waals surface area contributed by atoms with Gasteiger partial charge in [-0.2, -0.15) is 5.26 Å². The maximum Gasteiger partial charge on any atom is 0.259 e. The lowest BCUT2D eigenvalue weighted by atomic mass is 9.91. The highest BCUT2D eigenvalue weighted by atomic mass is 16.1. The summed E-state index contributed by atoms with van der Waals surface area (Å²) >= 11 is 0. The Balaban J connectivity index is 4.36. The van der Waals surface area contributed by atoms with Crippen molar-refractivity contribution in [3.05, 3.63) is 11.6 Å². The Kier molecular flexibility index (Phi) is 3.49. The number of primary amides is 1. The van der Waals surface area contributed by atoms with Gasteiger partial charge in [-0.1, -0.05) is 26.8 Å². The first kappa shape index (κ1) is 10.7. The quantitative estimate of drug-likeness (QED) is 0.497. The highest BCUT2D eigenvalue weighted by Gasteiger charge is 2.10. The van der Waals surface area contributed by atoms with Crippen molar-refractivity contribution in [3.8, 4) is 6.07 Å². The Bertz CT molecular complexity index is 240. The van der Waals surface area contributed by atoms with E-state index in [1.807, 2.05) is 20.8 Å². The van der Waals surface area contributed by atoms with Gasteiger partial charge in [0.1, 0.15) is 11.6 Å². The van der Waals surface area contributed by atoms with Gasteiger partial charge in [0.25, 0.3) is 5.91 Å². The van der Waals surface area contributed by atoms with Crippen molar-refractivity contribution in [2.75, 3.05) is 0 Å². The zero-order chi connectivity index (χ0) is 9.78. The van der Waals surface area contributed by atoms with Crippen LogP contribution in [0.3, 0.4) is 0 Å². The van der Waals surface area contributed by atoms with Crippen molar-refractivity contribution in [2.45, 2.75) is 27.2 Å². The number of nitrogens with two attached hydrogens (primary N) is 1. The molecule has 0 aliphatic heterocycles. The maximum absolute atomic E-state index is 10.6. The molecule has 0 heterocycles. The van der Waals surface area contributed by atoms with E-state index in [9.17, 15) is 4.79 Å². The summed E-state index contributed by atoms with van der Waals surface area (Å²) in [4.78, 5) is 10.6. The lowest BCUT2D eigenvalue weighted by Crippen LogP contribution is -2.13. The van der Waals surface area contributed by atoms with Gasteiger partial charge in [-0.25, -0.2) is 0 Å². The first-order valence-corrected chi connectivity index (χ1v) is 3.77. The van der Waals surface area contributed by atoms with Crippen LogP contribution in [0.25, 0.3) is 0 Å². The van der Waals surface area contributed by atoms with Crippen molar-refractivity contribution in [1.29, 1.82) is 5.26 Å². The van der Waals surface area contributed by atoms with Crippen LogP contribution in [-0.4, -0.2) is 5.91 Å². The summed E-state index contributed by atoms with van der Waals surface area (Å²) in [5.41, 5.74) is 5.07. The van der Waals surface area contributed by atoms with E-state index in [1.54, 1.807) is 12.1 Å². The zero-order valence-electron chi connectivity index (χ0n) is 7.72. The smallest absolute Gasteiger partial charge is 0.259 e. The van der Waals surface area contributed by atoms with Gasteiger partial charge in [0, 0.05) is 0 Å². The van der Waals surface area contributed by atoms with Crippen LogP contribution in [0.4, 0.5) is 0 Å². The van der Waals surface area contributed by atoms with E-state index in [4.69, 9.17) is 11.0 Å². The number of allylic oxidation sites excluding steroid dienone is 1. The lowest BCUT2D eigenvalue weighted by Gasteiger charge is -2.14. The summed E-state index contributed by atoms with van der Waals surface area (Å²) in [7, 11) is 0. The van der Waals surface area contributed by atoms with Gasteiger partial charge in [-0.05, 0) is 11.8 Å². The molecule has 12 heavy (non-hydrogen) atoms. The van der Waals surface area contributed by atoms with E-state index in [1.165, 1.54) is 0 Å². The number of nitrogens with zero attached hydrogens (tertiary/aromatic N) is 1. The number of amides is 1. The fourth-order valence-corrected chi connectivity index (χ4v) is 0.610. The van der Waals surface area contributed by atoms with Crippen LogP contribution < -0.4 is 5.73 Å². The number of carbonyl (C=O) groups excluding carboxylic acids is 1. The molecule has 0 atom stereocenters. The normalized spacial score (nSPS) is 12.3. The summed E-state index contributed by atoms with van der Waals surface area (Å²) in [6.07, 6.45) is 2.27. The molecule has 0 saturated carbocycles. The third-order valence-corrected chi connectivity index (χ3v) is 1.30. The highest BCUT2D eigenvalue weighted by molar-refractivity contribution is 5.95. The fourth-order valence-electron chi connectivity index (χ4n) is 0.610. The molecule has 0 aromatic rings. The molecule has 3 heteroatoms. The average Bonchev–Trinajstić information content (AvgIpc) is 1.85. The van der Waals surface area contributed by atoms with E-state index in [0.717, 1.165) is 0 Å². The molecule has 0 aromatic heterocycles. The third-order valence-electron chi connectivity index (χ3n) is 1.30. The minimum atomic E-state index is -0.651. The number of carbonyl (C=O) groups is 1. The standard InChI is InChI=1S/C9H14N2O/c1-9(2,3)5-4-7(6-10)8(11)12/h4H,5H2,1-3H3,(H2,11,12). The van der Waals surface area contributed by atoms with E-state index in [0.29, 0.717) is 6.42 Å². The Morgan fingerprint density at radius 1 is 1.58 bits per heavy atom. The summed E-state index contributed by atoms with van der Waals surface area (Å²) in [6.45, 7) is 6.08. The SMILES string of the molecule is CC(C)(C)CC=C(C#N)C(N)=O. The molecule has 0 saturated heterocycles. The maximum atomic E-state index is 10.6. The van der Waals surface area contributed by atoms with Gasteiger partial charge >= 0.3 is 0 Å². The molecular weight excluding hydrogens is 152 g/mol. The summed E-state index contributed by atoms with van der Waals surface area (Å²) < 4.78 is 0. The van der Waals surface area contributed by atoms with Gasteiger partial charge in [-0.15, -0.1) is 0 Å². The Morgan fingerprint density at radius 2 is 2.08 bits per heavy atom. The van der Waals surface area contributed by atoms with Crippen LogP contribution in [0.15, 0.2) is 11.6 Å². The van der Waals surface area contributed by atoms with Crippen LogP contribution in [0, 0.1) is 16.7 Å². The molecule has 0 aliphatic rings. The van der Waals surface area contributed by atoms with Crippen molar-refractivity contribution in [3.63, 3.8) is 0 Å². The van der Waals surface area contributed by atoms with Crippen LogP contribution >= 0.6 is 0 Å². The molecule has 2 N–H and O–H groups in total. The van der Waals surface area contributed by atoms with Crippen molar-refractivity contribution in [1.82, 2.24) is 0 Å². The van der Waals surface area contributed by atoms with Crippen LogP contribution in [0.2, 0.25) is 0 Å². The molecule has 0 aromatic carbocycles. The second-order valence-electron chi connectivity index (χ2n) is 3.86. The molecule has 0 rings (SSSR count). The molecule has 0 bridgehead atoms. The molecule has 3 nitrogen and oxygen atoms in total. The van der Waals surface area contributed by atoms with E-state index >= 15 is 0 Å². The molecular formula is C9H14N2O. The Labute approximate surface area is 72.9 Å². The first-order valence-electron chi connectivity index (χ1n) is 3.77. The molecule has 0 aliphatic carbocycles. The van der Waals surface area contributed by atoms with Gasteiger partial charge in [0.05, 0.1) is 0 Å². The molecule has 0 spiro atoms. The predicted molar refractivity (Wildman–Crippen MR) is 47.0 cm³/mol. The summed E-state index contributed by atoms with van der Waals surface area (Å²) in [5, 5.41) is 8.47. The van der Waals surface area contributed by atoms with Crippen LogP contribution in [0.1, 0.15) is 27.2 Å². The second kappa shape index (κ2) is 3.91. The fraction of sp³-hybridized carbons (Fsp3) is 0.556. The van der Waals surface area contributed by atoms with Crippen LogP contribution in [0.5, 0.6) is 0 Å². The van der Waals surface area contributed by atoms with Gasteiger partial charge in [0.15, 0.2) is 0 Å². The van der Waals surface area contributed by atoms with Crippen LogP contribution in [-0.2, 0) is 4.79 Å². The van der Waals surface area contributed by atoms with Gasteiger partial charge in [-0.3, -0.25) is 4.79 Å². The first-order chi connectivity index (χ1) is 5.37. The molecule has 1 amide bonds. The van der Waals surface area contributed by atoms with Crippen molar-refractivity contribution in [2.24, 2.45) is 11.1 Å². The Hall–Kier alpha value is -1.30. The minimum absolute atomic E-state index is 0.0462. The topological polar surface area (TPSA) is 66.9 Å². The number of nitriles is 1. The number of hydrogen-bond donors (Lipinski definition) is 1. The van der Waals surface area contributed by atoms with E-state index < -0.39 is 5.91 Å². The molecule has 0 fully saturated rings. The monoisotopic (exact) mass is 166 g/mol. The largest absolute Gasteiger partial charge is 0.365 e. The third kappa shape index (κ3) is 4.51. The highest BCUT2D eigenvalue weighted by Crippen LogP contribution is 2.19. The van der Waals surface area contributed by atoms with Gasteiger partial charge in [0.2, 0.25) is 0 Å². The zero-order valence-corrected chi connectivity index (χ0v) is 7.72. The molecule has 0 radical (unpaired) electrons. The summed E-state index contributed by atoms with van der Waals surface area (Å²) in [5.74, 6) is -0.651.